The minimum atomic E-state index is -0.710. The number of aliphatic carboxylic acids is 1. The summed E-state index contributed by atoms with van der Waals surface area (Å²) in [5, 5.41) is 19.1. The van der Waals surface area contributed by atoms with Crippen molar-refractivity contribution < 1.29 is 15.0 Å². The molecule has 0 spiro atoms. The summed E-state index contributed by atoms with van der Waals surface area (Å²) in [6.45, 7) is 0. The van der Waals surface area contributed by atoms with Gasteiger partial charge in [0.15, 0.2) is 0 Å². The molecule has 0 unspecified atom stereocenters. The van der Waals surface area contributed by atoms with E-state index in [-0.39, 0.29) is 18.4 Å². The zero-order valence-corrected chi connectivity index (χ0v) is 14.5. The summed E-state index contributed by atoms with van der Waals surface area (Å²) in [7, 11) is 0. The van der Waals surface area contributed by atoms with Crippen molar-refractivity contribution in [3.05, 3.63) is 11.6 Å². The molecule has 2 N–H and O–H groups in total. The van der Waals surface area contributed by atoms with Crippen LogP contribution in [0.2, 0.25) is 0 Å². The van der Waals surface area contributed by atoms with E-state index in [2.05, 4.69) is 17.9 Å². The Morgan fingerprint density at radius 3 is 2.71 bits per heavy atom. The molecule has 4 atom stereocenters. The van der Waals surface area contributed by atoms with Gasteiger partial charge in [-0.15, -0.1) is 0 Å². The van der Waals surface area contributed by atoms with Gasteiger partial charge in [0.1, 0.15) is 0 Å². The predicted octanol–water partition coefficient (Wildman–Crippen LogP) is 4.16. The van der Waals surface area contributed by atoms with Gasteiger partial charge in [-0.2, -0.15) is 0 Å². The Morgan fingerprint density at radius 2 is 1.96 bits per heavy atom. The second kappa shape index (κ2) is 8.21. The quantitative estimate of drug-likeness (QED) is 0.462. The van der Waals surface area contributed by atoms with E-state index in [1.165, 1.54) is 37.7 Å². The second-order valence-electron chi connectivity index (χ2n) is 7.93. The van der Waals surface area contributed by atoms with Crippen molar-refractivity contribution in [2.45, 2.75) is 76.7 Å². The van der Waals surface area contributed by atoms with E-state index in [0.29, 0.717) is 17.8 Å². The molecular formula is C21H30O3. The van der Waals surface area contributed by atoms with Gasteiger partial charge in [-0.05, 0) is 56.8 Å². The lowest BCUT2D eigenvalue weighted by molar-refractivity contribution is -0.137. The molecule has 0 aromatic carbocycles. The van der Waals surface area contributed by atoms with Crippen LogP contribution in [0.5, 0.6) is 0 Å². The molecule has 0 aromatic heterocycles. The van der Waals surface area contributed by atoms with Crippen LogP contribution >= 0.6 is 0 Å². The number of allylic oxidation sites excluding steroid dienone is 2. The van der Waals surface area contributed by atoms with Crippen molar-refractivity contribution in [1.82, 2.24) is 0 Å². The van der Waals surface area contributed by atoms with E-state index in [1.54, 1.807) is 0 Å². The first-order valence-corrected chi connectivity index (χ1v) is 9.72. The molecule has 0 aliphatic heterocycles. The predicted molar refractivity (Wildman–Crippen MR) is 94.2 cm³/mol. The molecule has 3 fully saturated rings. The fourth-order valence-corrected chi connectivity index (χ4v) is 4.85. The van der Waals surface area contributed by atoms with Crippen LogP contribution in [0.1, 0.15) is 70.6 Å². The summed E-state index contributed by atoms with van der Waals surface area (Å²) in [5.74, 6) is 8.05. The Hall–Kier alpha value is -1.27. The van der Waals surface area contributed by atoms with Crippen LogP contribution in [-0.4, -0.2) is 22.3 Å². The smallest absolute Gasteiger partial charge is 0.303 e. The van der Waals surface area contributed by atoms with E-state index >= 15 is 0 Å². The molecule has 3 rings (SSSR count). The average Bonchev–Trinajstić information content (AvgIpc) is 3.07. The zero-order valence-electron chi connectivity index (χ0n) is 14.5. The van der Waals surface area contributed by atoms with Crippen molar-refractivity contribution in [3.8, 4) is 11.8 Å². The number of carboxylic acids is 1. The minimum absolute atomic E-state index is 0.154. The first kappa shape index (κ1) is 17.5. The topological polar surface area (TPSA) is 57.5 Å². The van der Waals surface area contributed by atoms with Crippen LogP contribution in [-0.2, 0) is 4.79 Å². The van der Waals surface area contributed by atoms with Crippen LogP contribution < -0.4 is 0 Å². The molecular weight excluding hydrogens is 300 g/mol. The van der Waals surface area contributed by atoms with E-state index < -0.39 is 5.97 Å². The van der Waals surface area contributed by atoms with Crippen LogP contribution in [0.3, 0.4) is 0 Å². The summed E-state index contributed by atoms with van der Waals surface area (Å²) in [4.78, 5) is 10.6. The van der Waals surface area contributed by atoms with Crippen molar-refractivity contribution in [2.24, 2.45) is 23.7 Å². The Balaban J connectivity index is 1.55. The summed E-state index contributed by atoms with van der Waals surface area (Å²) in [6.07, 6.45) is 13.3. The van der Waals surface area contributed by atoms with Gasteiger partial charge in [0.2, 0.25) is 0 Å². The Bertz CT molecular complexity index is 533. The average molecular weight is 330 g/mol. The number of aliphatic hydroxyl groups is 1. The van der Waals surface area contributed by atoms with Gasteiger partial charge in [-0.1, -0.05) is 42.8 Å². The van der Waals surface area contributed by atoms with E-state index in [4.69, 9.17) is 5.11 Å². The molecule has 0 bridgehead atoms. The third-order valence-electron chi connectivity index (χ3n) is 6.13. The maximum Gasteiger partial charge on any atom is 0.303 e. The van der Waals surface area contributed by atoms with Crippen LogP contribution in [0, 0.1) is 35.5 Å². The first-order valence-electron chi connectivity index (χ1n) is 9.72. The zero-order chi connectivity index (χ0) is 16.9. The number of unbranched alkanes of at least 4 members (excludes halogenated alkanes) is 1. The lowest BCUT2D eigenvalue weighted by Gasteiger charge is -2.18. The van der Waals surface area contributed by atoms with E-state index in [0.717, 1.165) is 32.1 Å². The van der Waals surface area contributed by atoms with Crippen molar-refractivity contribution in [2.75, 3.05) is 0 Å². The maximum atomic E-state index is 10.6. The molecule has 3 saturated carbocycles. The highest BCUT2D eigenvalue weighted by molar-refractivity contribution is 5.66. The molecule has 3 aliphatic rings. The van der Waals surface area contributed by atoms with Crippen LogP contribution in [0.4, 0.5) is 0 Å². The molecule has 0 amide bonds. The molecule has 3 heteroatoms. The Kier molecular flexibility index (Phi) is 6.00. The highest BCUT2D eigenvalue weighted by Crippen LogP contribution is 2.49. The molecule has 3 nitrogen and oxygen atoms in total. The highest BCUT2D eigenvalue weighted by Gasteiger charge is 2.45. The number of hydrogen-bond donors (Lipinski definition) is 2. The third-order valence-corrected chi connectivity index (χ3v) is 6.13. The molecule has 132 valence electrons. The Labute approximate surface area is 145 Å². The molecule has 24 heavy (non-hydrogen) atoms. The van der Waals surface area contributed by atoms with Gasteiger partial charge in [0.25, 0.3) is 0 Å². The van der Waals surface area contributed by atoms with Crippen molar-refractivity contribution >= 4 is 5.97 Å². The fourth-order valence-electron chi connectivity index (χ4n) is 4.85. The molecule has 0 radical (unpaired) electrons. The standard InChI is InChI=1S/C21H30O3/c22-20-14-17-12-16(8-4-5-9-21(23)24)13-19(17)18(20)11-10-15-6-2-1-3-7-15/h8,15,17-20,22H,1-7,9,12-14H2,(H,23,24)/b16-8+/t17-,18+,19-,20+/m0/s1. The first-order chi connectivity index (χ1) is 11.6. The van der Waals surface area contributed by atoms with E-state index in [1.807, 2.05) is 0 Å². The summed E-state index contributed by atoms with van der Waals surface area (Å²) >= 11 is 0. The van der Waals surface area contributed by atoms with Gasteiger partial charge in [0, 0.05) is 18.3 Å². The van der Waals surface area contributed by atoms with Crippen LogP contribution in [0.25, 0.3) is 0 Å². The monoisotopic (exact) mass is 330 g/mol. The third kappa shape index (κ3) is 4.42. The normalized spacial score (nSPS) is 34.8. The number of rotatable bonds is 4. The fraction of sp³-hybridized carbons (Fsp3) is 0.762. The number of aliphatic hydroxyl groups excluding tert-OH is 1. The van der Waals surface area contributed by atoms with Gasteiger partial charge < -0.3 is 10.2 Å². The second-order valence-corrected chi connectivity index (χ2v) is 7.93. The Morgan fingerprint density at radius 1 is 1.17 bits per heavy atom. The lowest BCUT2D eigenvalue weighted by Crippen LogP contribution is -2.17. The highest BCUT2D eigenvalue weighted by atomic mass is 16.4. The number of carboxylic acid groups (broad SMARTS) is 1. The largest absolute Gasteiger partial charge is 0.481 e. The number of carbonyl (C=O) groups is 1. The number of fused-ring (bicyclic) bond motifs is 1. The van der Waals surface area contributed by atoms with E-state index in [9.17, 15) is 9.90 Å². The molecule has 3 aliphatic carbocycles. The van der Waals surface area contributed by atoms with Crippen LogP contribution in [0.15, 0.2) is 11.6 Å². The minimum Gasteiger partial charge on any atom is -0.481 e. The molecule has 0 saturated heterocycles. The lowest BCUT2D eigenvalue weighted by atomic mass is 9.87. The summed E-state index contributed by atoms with van der Waals surface area (Å²) in [6, 6.07) is 0. The van der Waals surface area contributed by atoms with Gasteiger partial charge in [-0.3, -0.25) is 4.79 Å². The maximum absolute atomic E-state index is 10.6. The van der Waals surface area contributed by atoms with Gasteiger partial charge in [-0.25, -0.2) is 0 Å². The van der Waals surface area contributed by atoms with Gasteiger partial charge in [0.05, 0.1) is 6.10 Å². The van der Waals surface area contributed by atoms with Gasteiger partial charge >= 0.3 is 5.97 Å². The molecule has 0 aromatic rings. The molecule has 0 heterocycles. The summed E-state index contributed by atoms with van der Waals surface area (Å²) < 4.78 is 0. The van der Waals surface area contributed by atoms with Crippen molar-refractivity contribution in [1.29, 1.82) is 0 Å². The number of hydrogen-bond acceptors (Lipinski definition) is 2. The van der Waals surface area contributed by atoms with Crippen molar-refractivity contribution in [3.63, 3.8) is 0 Å². The summed E-state index contributed by atoms with van der Waals surface area (Å²) in [5.41, 5.74) is 1.46. The SMILES string of the molecule is O=C(O)CCC/C=C1\C[C@H]2C[C@@H](O)[C@H](C#CC3CCCCC3)[C@H]2C1.